The van der Waals surface area contributed by atoms with Gasteiger partial charge in [-0.3, -0.25) is 10.7 Å². The predicted molar refractivity (Wildman–Crippen MR) is 69.7 cm³/mol. The third-order valence-electron chi connectivity index (χ3n) is 2.73. The first kappa shape index (κ1) is 11.3. The van der Waals surface area contributed by atoms with E-state index in [1.54, 1.807) is 6.07 Å². The van der Waals surface area contributed by atoms with E-state index >= 15 is 0 Å². The molecule has 0 saturated heterocycles. The Labute approximate surface area is 107 Å². The Kier molecular flexibility index (Phi) is 2.66. The summed E-state index contributed by atoms with van der Waals surface area (Å²) in [7, 11) is 0. The first-order valence-electron chi connectivity index (χ1n) is 5.52. The lowest BCUT2D eigenvalue weighted by Crippen LogP contribution is -1.97. The van der Waals surface area contributed by atoms with Crippen molar-refractivity contribution in [3.8, 4) is 5.69 Å². The molecule has 0 saturated carbocycles. The fourth-order valence-electron chi connectivity index (χ4n) is 1.83. The van der Waals surface area contributed by atoms with Gasteiger partial charge in [0.05, 0.1) is 11.4 Å². The number of hydrogen-bond acceptors (Lipinski definition) is 6. The molecule has 1 heterocycles. The van der Waals surface area contributed by atoms with Crippen molar-refractivity contribution in [1.29, 1.82) is 0 Å². The van der Waals surface area contributed by atoms with Crippen molar-refractivity contribution in [1.82, 2.24) is 15.0 Å². The molecule has 2 N–H and O–H groups in total. The van der Waals surface area contributed by atoms with Crippen LogP contribution in [0.5, 0.6) is 0 Å². The van der Waals surface area contributed by atoms with Gasteiger partial charge in [-0.15, -0.1) is 15.1 Å². The van der Waals surface area contributed by atoms with E-state index in [-0.39, 0.29) is 11.4 Å². The van der Waals surface area contributed by atoms with Crippen LogP contribution in [0.1, 0.15) is 0 Å². The van der Waals surface area contributed by atoms with Gasteiger partial charge in [0.15, 0.2) is 5.69 Å². The Morgan fingerprint density at radius 1 is 1.11 bits per heavy atom. The molecule has 0 spiro atoms. The molecule has 1 aromatic heterocycles. The quantitative estimate of drug-likeness (QED) is 0.554. The van der Waals surface area contributed by atoms with Gasteiger partial charge in [0.1, 0.15) is 11.0 Å². The van der Waals surface area contributed by atoms with Gasteiger partial charge in [-0.2, -0.15) is 4.80 Å². The highest BCUT2D eigenvalue weighted by atomic mass is 16.5. The minimum absolute atomic E-state index is 0.0298. The second-order valence-corrected chi connectivity index (χ2v) is 3.86. The summed E-state index contributed by atoms with van der Waals surface area (Å²) < 4.78 is 0. The molecule has 0 atom stereocenters. The zero-order chi connectivity index (χ0) is 13.2. The molecule has 19 heavy (non-hydrogen) atoms. The predicted octanol–water partition coefficient (Wildman–Crippen LogP) is 2.62. The van der Waals surface area contributed by atoms with Crippen molar-refractivity contribution in [2.45, 2.75) is 0 Å². The van der Waals surface area contributed by atoms with Crippen LogP contribution in [0, 0.1) is 4.91 Å². The van der Waals surface area contributed by atoms with Gasteiger partial charge in [-0.1, -0.05) is 18.2 Å². The molecule has 0 aliphatic rings. The number of anilines is 1. The molecule has 94 valence electrons. The number of para-hydroxylation sites is 1. The third kappa shape index (κ3) is 1.81. The Bertz CT molecular complexity index is 738. The summed E-state index contributed by atoms with van der Waals surface area (Å²) in [5.74, 6) is 0. The molecule has 0 aliphatic heterocycles. The van der Waals surface area contributed by atoms with Crippen molar-refractivity contribution in [2.75, 3.05) is 5.48 Å². The van der Waals surface area contributed by atoms with Crippen LogP contribution in [-0.4, -0.2) is 20.2 Å². The smallest absolute Gasteiger partial charge is 0.163 e. The fraction of sp³-hybridized carbons (Fsp3) is 0. The molecule has 0 unspecified atom stereocenters. The minimum atomic E-state index is 0.0298. The maximum Gasteiger partial charge on any atom is 0.163 e. The van der Waals surface area contributed by atoms with E-state index in [9.17, 15) is 4.91 Å². The van der Waals surface area contributed by atoms with E-state index < -0.39 is 0 Å². The maximum absolute atomic E-state index is 10.9. The Morgan fingerprint density at radius 2 is 1.89 bits per heavy atom. The number of fused-ring (bicyclic) bond motifs is 1. The highest BCUT2D eigenvalue weighted by Crippen LogP contribution is 2.31. The van der Waals surface area contributed by atoms with E-state index in [0.29, 0.717) is 11.0 Å². The second kappa shape index (κ2) is 4.46. The van der Waals surface area contributed by atoms with E-state index in [1.807, 2.05) is 35.8 Å². The minimum Gasteiger partial charge on any atom is -0.291 e. The van der Waals surface area contributed by atoms with Crippen LogP contribution in [0.4, 0.5) is 11.4 Å². The van der Waals surface area contributed by atoms with Crippen molar-refractivity contribution in [3.05, 3.63) is 47.4 Å². The molecular formula is C12H9N5O2. The van der Waals surface area contributed by atoms with Gasteiger partial charge in [0.2, 0.25) is 0 Å². The van der Waals surface area contributed by atoms with Gasteiger partial charge in [-0.05, 0) is 29.4 Å². The highest BCUT2D eigenvalue weighted by Gasteiger charge is 2.13. The summed E-state index contributed by atoms with van der Waals surface area (Å²) in [6, 6.07) is 12.5. The molecule has 7 nitrogen and oxygen atoms in total. The van der Waals surface area contributed by atoms with E-state index in [1.165, 1.54) is 10.9 Å². The van der Waals surface area contributed by atoms with E-state index in [4.69, 9.17) is 5.21 Å². The Morgan fingerprint density at radius 3 is 2.58 bits per heavy atom. The number of rotatable bonds is 3. The molecule has 0 amide bonds. The monoisotopic (exact) mass is 255 g/mol. The topological polar surface area (TPSA) is 92.4 Å². The normalized spacial score (nSPS) is 10.6. The van der Waals surface area contributed by atoms with Gasteiger partial charge in [0, 0.05) is 0 Å². The summed E-state index contributed by atoms with van der Waals surface area (Å²) >= 11 is 0. The van der Waals surface area contributed by atoms with Gasteiger partial charge in [-0.25, -0.2) is 0 Å². The van der Waals surface area contributed by atoms with Crippen molar-refractivity contribution in [3.63, 3.8) is 0 Å². The van der Waals surface area contributed by atoms with Crippen LogP contribution in [0.25, 0.3) is 16.7 Å². The molecule has 0 radical (unpaired) electrons. The second-order valence-electron chi connectivity index (χ2n) is 3.86. The summed E-state index contributed by atoms with van der Waals surface area (Å²) in [5.41, 5.74) is 3.77. The standard InChI is InChI=1S/C12H9N5O2/c18-15-10-7-6-9-11(12(10)16-19)14-17(13-9)8-4-2-1-3-5-8/h1-7,15,18H. The van der Waals surface area contributed by atoms with Crippen LogP contribution < -0.4 is 5.48 Å². The summed E-state index contributed by atoms with van der Waals surface area (Å²) in [5, 5.41) is 20.3. The zero-order valence-electron chi connectivity index (χ0n) is 9.69. The molecule has 0 bridgehead atoms. The average molecular weight is 255 g/mol. The van der Waals surface area contributed by atoms with Crippen molar-refractivity contribution in [2.24, 2.45) is 5.18 Å². The van der Waals surface area contributed by atoms with Crippen LogP contribution in [0.15, 0.2) is 47.6 Å². The summed E-state index contributed by atoms with van der Waals surface area (Å²) in [6.07, 6.45) is 0. The first-order chi connectivity index (χ1) is 9.33. The summed E-state index contributed by atoms with van der Waals surface area (Å²) in [4.78, 5) is 12.3. The molecule has 7 heteroatoms. The lowest BCUT2D eigenvalue weighted by atomic mass is 10.2. The van der Waals surface area contributed by atoms with Gasteiger partial charge >= 0.3 is 0 Å². The highest BCUT2D eigenvalue weighted by molar-refractivity contribution is 5.93. The number of benzene rings is 2. The lowest BCUT2D eigenvalue weighted by Gasteiger charge is -1.99. The van der Waals surface area contributed by atoms with Crippen molar-refractivity contribution < 1.29 is 5.21 Å². The molecular weight excluding hydrogens is 246 g/mol. The Hall–Kier alpha value is -2.80. The third-order valence-corrected chi connectivity index (χ3v) is 2.73. The molecule has 0 aliphatic carbocycles. The Balaban J connectivity index is 2.24. The first-order valence-corrected chi connectivity index (χ1v) is 5.52. The van der Waals surface area contributed by atoms with Crippen LogP contribution in [0.3, 0.4) is 0 Å². The van der Waals surface area contributed by atoms with Gasteiger partial charge < -0.3 is 0 Å². The summed E-state index contributed by atoms with van der Waals surface area (Å²) in [6.45, 7) is 0. The van der Waals surface area contributed by atoms with Gasteiger partial charge in [0.25, 0.3) is 0 Å². The zero-order valence-corrected chi connectivity index (χ0v) is 9.69. The molecule has 3 rings (SSSR count). The number of aromatic nitrogens is 3. The SMILES string of the molecule is O=Nc1c(NO)ccc2nn(-c3ccccc3)nc12. The van der Waals surface area contributed by atoms with E-state index in [2.05, 4.69) is 15.4 Å². The number of nitrogens with zero attached hydrogens (tertiary/aromatic N) is 4. The fourth-order valence-corrected chi connectivity index (χ4v) is 1.83. The van der Waals surface area contributed by atoms with Crippen LogP contribution >= 0.6 is 0 Å². The molecule has 2 aromatic carbocycles. The maximum atomic E-state index is 10.9. The molecule has 0 fully saturated rings. The van der Waals surface area contributed by atoms with Crippen LogP contribution in [0.2, 0.25) is 0 Å². The largest absolute Gasteiger partial charge is 0.291 e. The number of nitrogens with one attached hydrogen (secondary N) is 1. The van der Waals surface area contributed by atoms with E-state index in [0.717, 1.165) is 5.69 Å². The average Bonchev–Trinajstić information content (AvgIpc) is 2.91. The van der Waals surface area contributed by atoms with Crippen LogP contribution in [-0.2, 0) is 0 Å². The van der Waals surface area contributed by atoms with Crippen molar-refractivity contribution >= 4 is 22.4 Å². The number of hydrogen-bond donors (Lipinski definition) is 2. The number of nitroso groups, excluding NO2 is 1. The lowest BCUT2D eigenvalue weighted by molar-refractivity contribution is 0.389. The molecule has 3 aromatic rings.